The molecule has 77 heavy (non-hydrogen) atoms. The molecule has 0 spiro atoms. The highest BCUT2D eigenvalue weighted by Gasteiger charge is 2.36. The van der Waals surface area contributed by atoms with Gasteiger partial charge in [-0.05, 0) is 173 Å². The van der Waals surface area contributed by atoms with E-state index < -0.39 is 35.2 Å². The van der Waals surface area contributed by atoms with Crippen molar-refractivity contribution >= 4 is 43.6 Å². The van der Waals surface area contributed by atoms with E-state index in [4.69, 9.17) is 0 Å². The average molecular weight is 1040 g/mol. The van der Waals surface area contributed by atoms with Gasteiger partial charge in [0.15, 0.2) is 0 Å². The lowest BCUT2D eigenvalue weighted by Crippen LogP contribution is -2.11. The van der Waals surface area contributed by atoms with Gasteiger partial charge in [-0.3, -0.25) is 0 Å². The Morgan fingerprint density at radius 3 is 0.870 bits per heavy atom. The first-order valence-corrected chi connectivity index (χ1v) is 24.8. The van der Waals surface area contributed by atoms with Crippen molar-refractivity contribution in [2.45, 2.75) is 39.3 Å². The molecule has 0 aliphatic heterocycles. The van der Waals surface area contributed by atoms with Crippen molar-refractivity contribution in [3.8, 4) is 67.0 Å². The van der Waals surface area contributed by atoms with Gasteiger partial charge >= 0.3 is 18.5 Å². The molecule has 0 N–H and O–H groups in total. The Hall–Kier alpha value is -8.83. The van der Waals surface area contributed by atoms with E-state index >= 15 is 13.2 Å². The number of benzene rings is 10. The summed E-state index contributed by atoms with van der Waals surface area (Å²) >= 11 is 0. The first-order valence-electron chi connectivity index (χ1n) is 24.8. The summed E-state index contributed by atoms with van der Waals surface area (Å²) in [5, 5.41) is 3.01. The number of aryl methyl sites for hydroxylation is 3. The van der Waals surface area contributed by atoms with Gasteiger partial charge in [0.2, 0.25) is 0 Å². The number of fused-ring (bicyclic) bond motifs is 6. The van der Waals surface area contributed by atoms with Gasteiger partial charge in [-0.15, -0.1) is 0 Å². The summed E-state index contributed by atoms with van der Waals surface area (Å²) in [6.45, 7) is 5.96. The van der Waals surface area contributed by atoms with Crippen molar-refractivity contribution in [3.63, 3.8) is 0 Å². The van der Waals surface area contributed by atoms with Gasteiger partial charge in [0.1, 0.15) is 0 Å². The Labute approximate surface area is 436 Å². The van der Waals surface area contributed by atoms with Crippen molar-refractivity contribution in [1.29, 1.82) is 0 Å². The SMILES string of the molecule is Cc1ccc(-c2ccc3c(c2)c2cc(-c4ccc(C(F)(F)F)cc4)ccc2n3-c2cc(-c3ccc(C(F)(F)F)c(-n4c5ccc(-c6ccc(C)cc6)cc5c5cc(-c6ccc(C(F)(F)F)cc6)ccc54)c3)ccc2C)cc1. The molecule has 2 heterocycles. The topological polar surface area (TPSA) is 9.86 Å². The molecule has 0 radical (unpaired) electrons. The largest absolute Gasteiger partial charge is 0.418 e. The van der Waals surface area contributed by atoms with Crippen molar-refractivity contribution in [1.82, 2.24) is 9.13 Å². The highest BCUT2D eigenvalue weighted by molar-refractivity contribution is 6.13. The predicted molar refractivity (Wildman–Crippen MR) is 292 cm³/mol. The van der Waals surface area contributed by atoms with Crippen LogP contribution >= 0.6 is 0 Å². The highest BCUT2D eigenvalue weighted by Crippen LogP contribution is 2.45. The summed E-state index contributed by atoms with van der Waals surface area (Å²) in [7, 11) is 0. The van der Waals surface area contributed by atoms with Crippen LogP contribution in [-0.4, -0.2) is 9.13 Å². The van der Waals surface area contributed by atoms with E-state index in [0.29, 0.717) is 49.6 Å². The molecule has 380 valence electrons. The van der Waals surface area contributed by atoms with Crippen LogP contribution in [0.1, 0.15) is 33.4 Å². The van der Waals surface area contributed by atoms with E-state index in [-0.39, 0.29) is 5.69 Å². The molecule has 0 atom stereocenters. The Morgan fingerprint density at radius 1 is 0.260 bits per heavy atom. The van der Waals surface area contributed by atoms with Crippen LogP contribution in [0.4, 0.5) is 39.5 Å². The second-order valence-corrected chi connectivity index (χ2v) is 19.7. The fourth-order valence-electron chi connectivity index (χ4n) is 10.6. The molecule has 0 unspecified atom stereocenters. The van der Waals surface area contributed by atoms with Crippen LogP contribution in [-0.2, 0) is 18.5 Å². The molecule has 0 bridgehead atoms. The predicted octanol–water partition coefficient (Wildman–Crippen LogP) is 20.2. The number of aromatic nitrogens is 2. The molecule has 0 amide bonds. The van der Waals surface area contributed by atoms with E-state index in [0.717, 1.165) is 102 Å². The molecule has 11 heteroatoms. The van der Waals surface area contributed by atoms with Gasteiger partial charge in [-0.25, -0.2) is 0 Å². The summed E-state index contributed by atoms with van der Waals surface area (Å²) in [6, 6.07) is 58.8. The summed E-state index contributed by atoms with van der Waals surface area (Å²) in [5.74, 6) is 0. The number of halogens is 9. The Morgan fingerprint density at radius 2 is 0.532 bits per heavy atom. The average Bonchev–Trinajstić information content (AvgIpc) is 4.16. The molecule has 12 rings (SSSR count). The van der Waals surface area contributed by atoms with Crippen LogP contribution in [0.2, 0.25) is 0 Å². The highest BCUT2D eigenvalue weighted by atomic mass is 19.4. The number of hydrogen-bond acceptors (Lipinski definition) is 0. The third-order valence-corrected chi connectivity index (χ3v) is 14.7. The fourth-order valence-corrected chi connectivity index (χ4v) is 10.6. The summed E-state index contributed by atoms with van der Waals surface area (Å²) in [6.07, 6.45) is -13.8. The number of alkyl halides is 9. The molecule has 2 nitrogen and oxygen atoms in total. The molecule has 0 saturated carbocycles. The Balaban J connectivity index is 1.04. The Kier molecular flexibility index (Phi) is 11.6. The number of nitrogens with zero attached hydrogens (tertiary/aromatic N) is 2. The number of hydrogen-bond donors (Lipinski definition) is 0. The van der Waals surface area contributed by atoms with E-state index in [1.54, 1.807) is 22.8 Å². The van der Waals surface area contributed by atoms with Gasteiger partial charge in [-0.1, -0.05) is 126 Å². The lowest BCUT2D eigenvalue weighted by atomic mass is 9.99. The molecular weight excluding hydrogens is 992 g/mol. The third kappa shape index (κ3) is 8.89. The zero-order valence-electron chi connectivity index (χ0n) is 41.4. The molecule has 12 aromatic rings. The molecule has 0 saturated heterocycles. The minimum Gasteiger partial charge on any atom is -0.309 e. The monoisotopic (exact) mass is 1030 g/mol. The van der Waals surface area contributed by atoms with Gasteiger partial charge in [-0.2, -0.15) is 39.5 Å². The number of rotatable bonds is 7. The zero-order valence-corrected chi connectivity index (χ0v) is 41.4. The van der Waals surface area contributed by atoms with Gasteiger partial charge < -0.3 is 9.13 Å². The van der Waals surface area contributed by atoms with E-state index in [1.807, 2.05) is 130 Å². The molecule has 0 aliphatic carbocycles. The summed E-state index contributed by atoms with van der Waals surface area (Å²) in [4.78, 5) is 0. The third-order valence-electron chi connectivity index (χ3n) is 14.7. The summed E-state index contributed by atoms with van der Waals surface area (Å²) < 4.78 is 132. The van der Waals surface area contributed by atoms with Gasteiger partial charge in [0, 0.05) is 27.2 Å². The lowest BCUT2D eigenvalue weighted by Gasteiger charge is -2.19. The normalized spacial score (nSPS) is 12.4. The van der Waals surface area contributed by atoms with Crippen LogP contribution in [0.25, 0.3) is 111 Å². The molecule has 2 aromatic heterocycles. The van der Waals surface area contributed by atoms with Crippen LogP contribution in [0.15, 0.2) is 206 Å². The molecule has 0 fully saturated rings. The van der Waals surface area contributed by atoms with Crippen LogP contribution in [0.5, 0.6) is 0 Å². The van der Waals surface area contributed by atoms with Crippen LogP contribution in [0.3, 0.4) is 0 Å². The zero-order chi connectivity index (χ0) is 53.7. The van der Waals surface area contributed by atoms with Crippen molar-refractivity contribution in [2.24, 2.45) is 0 Å². The Bertz CT molecular complexity index is 4270. The molecule has 0 aliphatic rings. The van der Waals surface area contributed by atoms with Crippen molar-refractivity contribution in [2.75, 3.05) is 0 Å². The van der Waals surface area contributed by atoms with E-state index in [1.165, 1.54) is 30.3 Å². The van der Waals surface area contributed by atoms with Crippen LogP contribution < -0.4 is 0 Å². The van der Waals surface area contributed by atoms with Gasteiger partial charge in [0.25, 0.3) is 0 Å². The quantitative estimate of drug-likeness (QED) is 0.141. The maximum absolute atomic E-state index is 15.5. The molecule has 10 aromatic carbocycles. The van der Waals surface area contributed by atoms with Gasteiger partial charge in [0.05, 0.1) is 44.4 Å². The van der Waals surface area contributed by atoms with E-state index in [2.05, 4.69) is 22.8 Å². The van der Waals surface area contributed by atoms with Crippen molar-refractivity contribution < 1.29 is 39.5 Å². The maximum atomic E-state index is 15.5. The first-order chi connectivity index (χ1) is 36.8. The minimum atomic E-state index is -4.78. The summed E-state index contributed by atoms with van der Waals surface area (Å²) in [5.41, 5.74) is 11.2. The van der Waals surface area contributed by atoms with E-state index in [9.17, 15) is 26.3 Å². The second kappa shape index (κ2) is 18.2. The van der Waals surface area contributed by atoms with Crippen LogP contribution in [0, 0.1) is 20.8 Å². The maximum Gasteiger partial charge on any atom is 0.418 e. The molecular formula is C66H43F9N2. The smallest absolute Gasteiger partial charge is 0.309 e. The standard InChI is InChI=1S/C66H43F9N2/c1-38-4-9-41(10-5-38)45-19-28-58-53(32-45)54-34-47(43-14-23-51(24-15-43)64(67,68)69)20-29-59(54)76(58)62-36-49(13-8-40(62)3)50-18-27-57(66(73,74)75)63(37-50)77-60-30-21-46(42-11-6-39(2)7-12-42)33-55(60)56-35-48(22-31-61(56)77)44-16-25-52(26-17-44)65(70,71)72/h4-37H,1-3H3. The fraction of sp³-hybridized carbons (Fsp3) is 0.0909. The first kappa shape index (κ1) is 49.1. The second-order valence-electron chi connectivity index (χ2n) is 19.7. The van der Waals surface area contributed by atoms with Crippen molar-refractivity contribution in [3.05, 3.63) is 240 Å². The lowest BCUT2D eigenvalue weighted by molar-refractivity contribution is -0.138. The minimum absolute atomic E-state index is 0.112.